The lowest BCUT2D eigenvalue weighted by atomic mass is 10.1. The van der Waals surface area contributed by atoms with E-state index in [-0.39, 0.29) is 24.6 Å². The van der Waals surface area contributed by atoms with Crippen molar-refractivity contribution in [2.45, 2.75) is 19.5 Å². The quantitative estimate of drug-likeness (QED) is 0.373. The van der Waals surface area contributed by atoms with Crippen LogP contribution in [-0.2, 0) is 11.3 Å². The fourth-order valence-electron chi connectivity index (χ4n) is 3.64. The van der Waals surface area contributed by atoms with Crippen molar-refractivity contribution in [3.05, 3.63) is 89.0 Å². The summed E-state index contributed by atoms with van der Waals surface area (Å²) in [4.78, 5) is 32.2. The van der Waals surface area contributed by atoms with Gasteiger partial charge < -0.3 is 24.4 Å². The molecule has 0 fully saturated rings. The molecule has 0 radical (unpaired) electrons. The Morgan fingerprint density at radius 2 is 1.95 bits per heavy atom. The number of carbonyl (C=O) groups excluding carboxylic acids is 2. The second-order valence-electron chi connectivity index (χ2n) is 8.13. The number of hydrogen-bond acceptors (Lipinski definition) is 9. The van der Waals surface area contributed by atoms with Crippen molar-refractivity contribution >= 4 is 35.1 Å². The number of amides is 2. The molecule has 1 aliphatic heterocycles. The molecule has 37 heavy (non-hydrogen) atoms. The Labute approximate surface area is 216 Å². The SMILES string of the molecule is Cc1oncc1C(=O)NC1CN=C(Nc2ccc(Oc3ccon3)cc2)N(Cc2ccc(Cl)cc2)C1=O. The van der Waals surface area contributed by atoms with Crippen LogP contribution in [0.25, 0.3) is 0 Å². The van der Waals surface area contributed by atoms with E-state index in [2.05, 4.69) is 25.9 Å². The lowest BCUT2D eigenvalue weighted by molar-refractivity contribution is -0.130. The van der Waals surface area contributed by atoms with Crippen LogP contribution in [0.3, 0.4) is 0 Å². The zero-order valence-electron chi connectivity index (χ0n) is 19.6. The van der Waals surface area contributed by atoms with Gasteiger partial charge in [0.15, 0.2) is 0 Å². The Bertz CT molecular complexity index is 1420. The number of nitrogens with one attached hydrogen (secondary N) is 2. The van der Waals surface area contributed by atoms with E-state index in [0.717, 1.165) is 5.56 Å². The summed E-state index contributed by atoms with van der Waals surface area (Å²) in [5.41, 5.74) is 1.78. The minimum absolute atomic E-state index is 0.0572. The van der Waals surface area contributed by atoms with Crippen molar-refractivity contribution in [1.29, 1.82) is 0 Å². The van der Waals surface area contributed by atoms with Gasteiger partial charge in [-0.3, -0.25) is 14.5 Å². The number of carbonyl (C=O) groups is 2. The average molecular weight is 521 g/mol. The molecular formula is C25H21ClN6O5. The molecule has 2 amide bonds. The highest BCUT2D eigenvalue weighted by Crippen LogP contribution is 2.23. The molecule has 0 saturated heterocycles. The van der Waals surface area contributed by atoms with Crippen molar-refractivity contribution in [3.63, 3.8) is 0 Å². The number of aliphatic imine (C=N–C) groups is 1. The third-order valence-corrected chi connectivity index (χ3v) is 5.80. The van der Waals surface area contributed by atoms with Gasteiger partial charge in [0.25, 0.3) is 17.7 Å². The third-order valence-electron chi connectivity index (χ3n) is 5.55. The molecule has 0 spiro atoms. The van der Waals surface area contributed by atoms with Gasteiger partial charge in [-0.1, -0.05) is 28.9 Å². The van der Waals surface area contributed by atoms with Crippen molar-refractivity contribution < 1.29 is 23.4 Å². The van der Waals surface area contributed by atoms with Gasteiger partial charge in [-0.25, -0.2) is 4.99 Å². The standard InChI is InChI=1S/C25H21ClN6O5/c1-15-20(12-28-37-15)23(33)30-21-13-27-25(32(24(21)34)14-16-2-4-17(26)5-3-16)29-18-6-8-19(9-7-18)36-22-10-11-35-31-22/h2-12,21H,13-14H2,1H3,(H,27,29)(H,30,33). The predicted molar refractivity (Wildman–Crippen MR) is 133 cm³/mol. The van der Waals surface area contributed by atoms with E-state index in [1.807, 2.05) is 12.1 Å². The normalized spacial score (nSPS) is 15.3. The summed E-state index contributed by atoms with van der Waals surface area (Å²) < 4.78 is 15.3. The second-order valence-corrected chi connectivity index (χ2v) is 8.56. The Balaban J connectivity index is 1.35. The maximum atomic E-state index is 13.5. The van der Waals surface area contributed by atoms with Crippen molar-refractivity contribution in [3.8, 4) is 11.6 Å². The minimum atomic E-state index is -0.863. The lowest BCUT2D eigenvalue weighted by Crippen LogP contribution is -2.56. The second kappa shape index (κ2) is 10.5. The van der Waals surface area contributed by atoms with Crippen LogP contribution in [0.1, 0.15) is 21.7 Å². The highest BCUT2D eigenvalue weighted by Gasteiger charge is 2.34. The molecule has 0 bridgehead atoms. The monoisotopic (exact) mass is 520 g/mol. The lowest BCUT2D eigenvalue weighted by Gasteiger charge is -2.32. The van der Waals surface area contributed by atoms with Gasteiger partial charge in [0.2, 0.25) is 5.96 Å². The largest absolute Gasteiger partial charge is 0.436 e. The summed E-state index contributed by atoms with van der Waals surface area (Å²) in [7, 11) is 0. The summed E-state index contributed by atoms with van der Waals surface area (Å²) in [6, 6.07) is 14.9. The topological polar surface area (TPSA) is 135 Å². The number of halogens is 1. The van der Waals surface area contributed by atoms with Crippen LogP contribution >= 0.6 is 11.6 Å². The summed E-state index contributed by atoms with van der Waals surface area (Å²) in [6.45, 7) is 1.90. The van der Waals surface area contributed by atoms with Crippen molar-refractivity contribution in [2.24, 2.45) is 4.99 Å². The van der Waals surface area contributed by atoms with Crippen LogP contribution in [0.15, 0.2) is 81.1 Å². The molecule has 4 aromatic rings. The number of nitrogens with zero attached hydrogens (tertiary/aromatic N) is 4. The molecule has 5 rings (SSSR count). The number of anilines is 1. The van der Waals surface area contributed by atoms with E-state index in [4.69, 9.17) is 25.4 Å². The number of guanidine groups is 1. The number of benzene rings is 2. The Morgan fingerprint density at radius 1 is 1.16 bits per heavy atom. The van der Waals surface area contributed by atoms with E-state index in [1.165, 1.54) is 17.4 Å². The smallest absolute Gasteiger partial charge is 0.259 e. The zero-order valence-corrected chi connectivity index (χ0v) is 20.3. The van der Waals surface area contributed by atoms with E-state index in [1.54, 1.807) is 49.4 Å². The summed E-state index contributed by atoms with van der Waals surface area (Å²) >= 11 is 6.02. The van der Waals surface area contributed by atoms with E-state index in [9.17, 15) is 9.59 Å². The van der Waals surface area contributed by atoms with Crippen LogP contribution in [0.4, 0.5) is 5.69 Å². The van der Waals surface area contributed by atoms with Crippen LogP contribution in [0.2, 0.25) is 5.02 Å². The Morgan fingerprint density at radius 3 is 2.62 bits per heavy atom. The maximum Gasteiger partial charge on any atom is 0.259 e. The molecule has 1 atom stereocenters. The Hall–Kier alpha value is -4.64. The molecule has 188 valence electrons. The van der Waals surface area contributed by atoms with Gasteiger partial charge in [0.05, 0.1) is 19.3 Å². The van der Waals surface area contributed by atoms with Crippen LogP contribution < -0.4 is 15.4 Å². The molecule has 12 heteroatoms. The fraction of sp³-hybridized carbons (Fsp3) is 0.160. The third kappa shape index (κ3) is 5.62. The molecule has 11 nitrogen and oxygen atoms in total. The first-order valence-electron chi connectivity index (χ1n) is 11.2. The van der Waals surface area contributed by atoms with Gasteiger partial charge in [-0.2, -0.15) is 0 Å². The van der Waals surface area contributed by atoms with Crippen LogP contribution in [0, 0.1) is 6.92 Å². The molecular weight excluding hydrogens is 500 g/mol. The van der Waals surface area contributed by atoms with E-state index in [0.29, 0.717) is 34.1 Å². The van der Waals surface area contributed by atoms with Gasteiger partial charge in [0, 0.05) is 16.8 Å². The highest BCUT2D eigenvalue weighted by atomic mass is 35.5. The molecule has 2 N–H and O–H groups in total. The highest BCUT2D eigenvalue weighted by molar-refractivity contribution is 6.30. The molecule has 0 saturated carbocycles. The number of aryl methyl sites for hydroxylation is 1. The van der Waals surface area contributed by atoms with E-state index >= 15 is 0 Å². The molecule has 0 aliphatic carbocycles. The first-order valence-corrected chi connectivity index (χ1v) is 11.6. The predicted octanol–water partition coefficient (Wildman–Crippen LogP) is 4.03. The van der Waals surface area contributed by atoms with Gasteiger partial charge in [0.1, 0.15) is 29.4 Å². The maximum absolute atomic E-state index is 13.5. The summed E-state index contributed by atoms with van der Waals surface area (Å²) in [5, 5.41) is 13.8. The summed E-state index contributed by atoms with van der Waals surface area (Å²) in [5.74, 6) is 0.827. The van der Waals surface area contributed by atoms with Gasteiger partial charge in [-0.05, 0) is 54.0 Å². The van der Waals surface area contributed by atoms with Crippen LogP contribution in [-0.4, -0.2) is 45.6 Å². The molecule has 3 heterocycles. The number of rotatable bonds is 7. The Kier molecular flexibility index (Phi) is 6.86. The van der Waals surface area contributed by atoms with Crippen molar-refractivity contribution in [2.75, 3.05) is 11.9 Å². The first kappa shape index (κ1) is 24.1. The van der Waals surface area contributed by atoms with Crippen molar-refractivity contribution in [1.82, 2.24) is 20.5 Å². The van der Waals surface area contributed by atoms with Gasteiger partial charge in [-0.15, -0.1) is 0 Å². The van der Waals surface area contributed by atoms with Crippen LogP contribution in [0.5, 0.6) is 11.6 Å². The number of hydrogen-bond donors (Lipinski definition) is 2. The average Bonchev–Trinajstić information content (AvgIpc) is 3.57. The molecule has 1 unspecified atom stereocenters. The molecule has 2 aromatic heterocycles. The first-order chi connectivity index (χ1) is 18.0. The number of aromatic nitrogens is 2. The fourth-order valence-corrected chi connectivity index (χ4v) is 3.76. The molecule has 2 aromatic carbocycles. The molecule has 1 aliphatic rings. The summed E-state index contributed by atoms with van der Waals surface area (Å²) in [6.07, 6.45) is 2.73. The minimum Gasteiger partial charge on any atom is -0.436 e. The van der Waals surface area contributed by atoms with Gasteiger partial charge >= 0.3 is 0 Å². The zero-order chi connectivity index (χ0) is 25.8. The van der Waals surface area contributed by atoms with E-state index < -0.39 is 11.9 Å². The number of ether oxygens (including phenoxy) is 1.